The summed E-state index contributed by atoms with van der Waals surface area (Å²) in [5.74, 6) is -0.481. The highest BCUT2D eigenvalue weighted by Gasteiger charge is 2.15. The fraction of sp³-hybridized carbons (Fsp3) is 0. The van der Waals surface area contributed by atoms with Crippen molar-refractivity contribution in [1.29, 1.82) is 0 Å². The van der Waals surface area contributed by atoms with E-state index >= 15 is 0 Å². The van der Waals surface area contributed by atoms with Crippen molar-refractivity contribution in [3.05, 3.63) is 66.6 Å². The minimum atomic E-state index is -0.462. The number of halogens is 1. The molecule has 0 saturated heterocycles. The van der Waals surface area contributed by atoms with Crippen LogP contribution in [-0.2, 0) is 0 Å². The summed E-state index contributed by atoms with van der Waals surface area (Å²) in [4.78, 5) is 24.7. The number of hydrazine groups is 1. The van der Waals surface area contributed by atoms with Crippen molar-refractivity contribution in [2.24, 2.45) is 0 Å². The lowest BCUT2D eigenvalue weighted by molar-refractivity contribution is 0.0959. The number of carbonyl (C=O) groups excluding carboxylic acids is 1. The minimum absolute atomic E-state index is 0.175. The normalized spacial score (nSPS) is 10.9. The lowest BCUT2D eigenvalue weighted by Gasteiger charge is -2.10. The van der Waals surface area contributed by atoms with Gasteiger partial charge in [0.2, 0.25) is 0 Å². The smallest absolute Gasteiger partial charge is 0.290 e. The molecule has 4 rings (SSSR count). The number of hydrogen-bond acceptors (Lipinski definition) is 5. The molecular weight excluding hydrogens is 311 g/mol. The largest absolute Gasteiger partial charge is 0.313 e. The van der Waals surface area contributed by atoms with Crippen LogP contribution in [0.4, 0.5) is 10.2 Å². The zero-order chi connectivity index (χ0) is 16.5. The fourth-order valence-corrected chi connectivity index (χ4v) is 2.46. The van der Waals surface area contributed by atoms with Crippen molar-refractivity contribution in [3.63, 3.8) is 0 Å². The second kappa shape index (κ2) is 5.58. The molecule has 3 aromatic heterocycles. The molecule has 1 aromatic carbocycles. The summed E-state index contributed by atoms with van der Waals surface area (Å²) in [7, 11) is 0. The number of fused-ring (bicyclic) bond motifs is 3. The van der Waals surface area contributed by atoms with Crippen LogP contribution in [0.1, 0.15) is 10.5 Å². The molecule has 3 heterocycles. The lowest BCUT2D eigenvalue weighted by atomic mass is 10.2. The Bertz CT molecular complexity index is 1050. The van der Waals surface area contributed by atoms with E-state index in [1.54, 1.807) is 28.8 Å². The molecule has 0 spiro atoms. The first-order valence-corrected chi connectivity index (χ1v) is 7.11. The number of amides is 1. The van der Waals surface area contributed by atoms with Gasteiger partial charge in [0.25, 0.3) is 5.91 Å². The molecule has 0 bridgehead atoms. The average Bonchev–Trinajstić information content (AvgIpc) is 3.09. The quantitative estimate of drug-likeness (QED) is 0.565. The minimum Gasteiger partial charge on any atom is -0.313 e. The second-order valence-electron chi connectivity index (χ2n) is 5.03. The van der Waals surface area contributed by atoms with E-state index in [4.69, 9.17) is 0 Å². The monoisotopic (exact) mass is 322 g/mol. The molecule has 0 aliphatic heterocycles. The van der Waals surface area contributed by atoms with Crippen LogP contribution in [0, 0.1) is 5.82 Å². The Morgan fingerprint density at radius 3 is 2.92 bits per heavy atom. The topological polar surface area (TPSA) is 84.2 Å². The van der Waals surface area contributed by atoms with Gasteiger partial charge in [-0.1, -0.05) is 0 Å². The molecule has 0 radical (unpaired) electrons. The predicted molar refractivity (Wildman–Crippen MR) is 85.8 cm³/mol. The molecular formula is C16H11FN6O. The van der Waals surface area contributed by atoms with E-state index in [0.29, 0.717) is 16.9 Å². The number of aromatic nitrogens is 4. The Morgan fingerprint density at radius 2 is 2.08 bits per heavy atom. The van der Waals surface area contributed by atoms with Crippen LogP contribution in [0.2, 0.25) is 0 Å². The van der Waals surface area contributed by atoms with Crippen LogP contribution in [-0.4, -0.2) is 25.3 Å². The molecule has 2 N–H and O–H groups in total. The highest BCUT2D eigenvalue weighted by Crippen LogP contribution is 2.19. The third kappa shape index (κ3) is 2.39. The molecule has 1 amide bonds. The van der Waals surface area contributed by atoms with Crippen LogP contribution in [0.3, 0.4) is 0 Å². The van der Waals surface area contributed by atoms with Crippen LogP contribution >= 0.6 is 0 Å². The van der Waals surface area contributed by atoms with Crippen molar-refractivity contribution in [2.75, 3.05) is 5.43 Å². The number of rotatable bonds is 3. The highest BCUT2D eigenvalue weighted by atomic mass is 19.1. The molecule has 8 heteroatoms. The van der Waals surface area contributed by atoms with Crippen LogP contribution < -0.4 is 10.9 Å². The summed E-state index contributed by atoms with van der Waals surface area (Å²) in [6.45, 7) is 0. The van der Waals surface area contributed by atoms with E-state index in [1.807, 2.05) is 0 Å². The molecule has 0 aliphatic carbocycles. The third-order valence-corrected chi connectivity index (χ3v) is 3.50. The van der Waals surface area contributed by atoms with Crippen molar-refractivity contribution in [3.8, 4) is 0 Å². The average molecular weight is 322 g/mol. The molecule has 24 heavy (non-hydrogen) atoms. The van der Waals surface area contributed by atoms with Gasteiger partial charge in [-0.3, -0.25) is 20.6 Å². The van der Waals surface area contributed by atoms with Gasteiger partial charge in [-0.2, -0.15) is 0 Å². The van der Waals surface area contributed by atoms with Crippen LogP contribution in [0.5, 0.6) is 0 Å². The number of anilines is 1. The number of hydrogen-bond donors (Lipinski definition) is 2. The van der Waals surface area contributed by atoms with Crippen LogP contribution in [0.25, 0.3) is 16.6 Å². The predicted octanol–water partition coefficient (Wildman–Crippen LogP) is 2.17. The first-order valence-electron chi connectivity index (χ1n) is 7.11. The molecule has 0 fully saturated rings. The van der Waals surface area contributed by atoms with Crippen molar-refractivity contribution < 1.29 is 9.18 Å². The van der Waals surface area contributed by atoms with Crippen LogP contribution in [0.15, 0.2) is 55.1 Å². The molecule has 0 saturated carbocycles. The van der Waals surface area contributed by atoms with Gasteiger partial charge in [-0.05, 0) is 24.3 Å². The molecule has 0 atom stereocenters. The first-order chi connectivity index (χ1) is 11.7. The lowest BCUT2D eigenvalue weighted by Crippen LogP contribution is -2.31. The summed E-state index contributed by atoms with van der Waals surface area (Å²) >= 11 is 0. The number of benzene rings is 1. The molecule has 118 valence electrons. The maximum absolute atomic E-state index is 13.5. The summed E-state index contributed by atoms with van der Waals surface area (Å²) in [6, 6.07) is 7.85. The van der Waals surface area contributed by atoms with Gasteiger partial charge >= 0.3 is 0 Å². The maximum atomic E-state index is 13.5. The van der Waals surface area contributed by atoms with E-state index in [2.05, 4.69) is 25.8 Å². The number of nitrogens with zero attached hydrogens (tertiary/aromatic N) is 4. The SMILES string of the molecule is O=C(NNc1cnccn1)c1nc2cc(F)ccc2n2cccc12. The van der Waals surface area contributed by atoms with Gasteiger partial charge in [0.1, 0.15) is 5.82 Å². The Kier molecular flexibility index (Phi) is 3.27. The van der Waals surface area contributed by atoms with Gasteiger partial charge in [-0.15, -0.1) is 0 Å². The van der Waals surface area contributed by atoms with Gasteiger partial charge in [0, 0.05) is 24.7 Å². The van der Waals surface area contributed by atoms with Gasteiger partial charge in [0.15, 0.2) is 11.5 Å². The first kappa shape index (κ1) is 14.1. The van der Waals surface area contributed by atoms with E-state index in [1.165, 1.54) is 30.7 Å². The standard InChI is InChI=1S/C16H11FN6O/c17-10-3-4-12-11(8-10)20-15(13-2-1-7-23(12)13)16(24)22-21-14-9-18-5-6-19-14/h1-9H,(H,19,21)(H,22,24). The van der Waals surface area contributed by atoms with Gasteiger partial charge < -0.3 is 4.40 Å². The van der Waals surface area contributed by atoms with E-state index in [0.717, 1.165) is 5.52 Å². The Balaban J connectivity index is 1.74. The third-order valence-electron chi connectivity index (χ3n) is 3.50. The summed E-state index contributed by atoms with van der Waals surface area (Å²) in [6.07, 6.45) is 6.29. The second-order valence-corrected chi connectivity index (χ2v) is 5.03. The Morgan fingerprint density at radius 1 is 1.17 bits per heavy atom. The molecule has 0 unspecified atom stereocenters. The number of carbonyl (C=O) groups is 1. The highest BCUT2D eigenvalue weighted by molar-refractivity contribution is 6.01. The molecule has 0 aliphatic rings. The Labute approximate surface area is 135 Å². The van der Waals surface area contributed by atoms with E-state index in [-0.39, 0.29) is 5.69 Å². The zero-order valence-electron chi connectivity index (χ0n) is 12.3. The Hall–Kier alpha value is -3.55. The zero-order valence-corrected chi connectivity index (χ0v) is 12.3. The van der Waals surface area contributed by atoms with Gasteiger partial charge in [-0.25, -0.2) is 14.4 Å². The van der Waals surface area contributed by atoms with E-state index in [9.17, 15) is 9.18 Å². The summed E-state index contributed by atoms with van der Waals surface area (Å²) in [5, 5.41) is 0. The molecule has 7 nitrogen and oxygen atoms in total. The van der Waals surface area contributed by atoms with E-state index < -0.39 is 11.7 Å². The van der Waals surface area contributed by atoms with Crippen molar-refractivity contribution in [2.45, 2.75) is 0 Å². The summed E-state index contributed by atoms with van der Waals surface area (Å²) < 4.78 is 15.3. The van der Waals surface area contributed by atoms with Crippen molar-refractivity contribution >= 4 is 28.3 Å². The molecule has 4 aromatic rings. The maximum Gasteiger partial charge on any atom is 0.290 e. The van der Waals surface area contributed by atoms with Gasteiger partial charge in [0.05, 0.1) is 22.7 Å². The fourth-order valence-electron chi connectivity index (χ4n) is 2.46. The van der Waals surface area contributed by atoms with Crippen molar-refractivity contribution in [1.82, 2.24) is 24.8 Å². The summed E-state index contributed by atoms with van der Waals surface area (Å²) in [5.41, 5.74) is 7.08. The number of nitrogens with one attached hydrogen (secondary N) is 2.